The summed E-state index contributed by atoms with van der Waals surface area (Å²) in [6.07, 6.45) is 9.30. The summed E-state index contributed by atoms with van der Waals surface area (Å²) >= 11 is 0. The van der Waals surface area contributed by atoms with Crippen LogP contribution in [0.2, 0.25) is 0 Å². The molecule has 0 aliphatic rings. The zero-order valence-electron chi connectivity index (χ0n) is 14.9. The Bertz CT molecular complexity index is 371. The van der Waals surface area contributed by atoms with E-state index in [0.717, 1.165) is 0 Å². The first-order valence-electron chi connectivity index (χ1n) is 8.76. The van der Waals surface area contributed by atoms with Crippen LogP contribution in [-0.2, 0) is 0 Å². The number of hydrogen-bond acceptors (Lipinski definition) is 1. The molecule has 0 bridgehead atoms. The van der Waals surface area contributed by atoms with Crippen LogP contribution in [0, 0.1) is 5.41 Å². The first kappa shape index (κ1) is 18.2. The van der Waals surface area contributed by atoms with Crippen LogP contribution < -0.4 is 0 Å². The van der Waals surface area contributed by atoms with Crippen LogP contribution in [0.5, 0.6) is 0 Å². The molecule has 1 nitrogen and oxygen atoms in total. The van der Waals surface area contributed by atoms with Crippen molar-refractivity contribution in [3.8, 4) is 0 Å². The molecule has 0 radical (unpaired) electrons. The molecule has 1 unspecified atom stereocenters. The third kappa shape index (κ3) is 5.47. The molecule has 120 valence electrons. The minimum Gasteiger partial charge on any atom is -0.302 e. The number of rotatable bonds is 10. The van der Waals surface area contributed by atoms with Crippen molar-refractivity contribution in [2.45, 2.75) is 71.8 Å². The number of benzene rings is 1. The van der Waals surface area contributed by atoms with Gasteiger partial charge < -0.3 is 4.90 Å². The maximum Gasteiger partial charge on any atom is 0.0395 e. The van der Waals surface area contributed by atoms with E-state index in [2.05, 4.69) is 70.1 Å². The Hall–Kier alpha value is -0.820. The quantitative estimate of drug-likeness (QED) is 0.473. The van der Waals surface area contributed by atoms with Crippen LogP contribution in [0.15, 0.2) is 30.3 Å². The van der Waals surface area contributed by atoms with Crippen molar-refractivity contribution < 1.29 is 0 Å². The van der Waals surface area contributed by atoms with Crippen molar-refractivity contribution in [1.82, 2.24) is 4.90 Å². The lowest BCUT2D eigenvalue weighted by Gasteiger charge is -2.42. The first-order chi connectivity index (χ1) is 10.0. The maximum absolute atomic E-state index is 2.51. The highest BCUT2D eigenvalue weighted by atomic mass is 15.1. The minimum atomic E-state index is 0.371. The predicted molar refractivity (Wildman–Crippen MR) is 94.6 cm³/mol. The van der Waals surface area contributed by atoms with E-state index in [1.807, 2.05) is 0 Å². The smallest absolute Gasteiger partial charge is 0.0395 e. The Kier molecular flexibility index (Phi) is 8.03. The van der Waals surface area contributed by atoms with Gasteiger partial charge in [0.15, 0.2) is 0 Å². The second kappa shape index (κ2) is 9.25. The second-order valence-corrected chi connectivity index (χ2v) is 6.99. The van der Waals surface area contributed by atoms with Crippen molar-refractivity contribution in [3.05, 3.63) is 35.9 Å². The predicted octanol–water partition coefficient (Wildman–Crippen LogP) is 6.07. The normalized spacial score (nSPS) is 15.9. The Balaban J connectivity index is 2.99. The van der Waals surface area contributed by atoms with E-state index in [9.17, 15) is 0 Å². The monoisotopic (exact) mass is 289 g/mol. The summed E-state index contributed by atoms with van der Waals surface area (Å²) in [5.41, 5.74) is 1.84. The van der Waals surface area contributed by atoms with E-state index < -0.39 is 0 Å². The lowest BCUT2D eigenvalue weighted by atomic mass is 9.71. The first-order valence-corrected chi connectivity index (χ1v) is 8.76. The zero-order chi connectivity index (χ0) is 15.7. The summed E-state index contributed by atoms with van der Waals surface area (Å²) in [4.78, 5) is 2.43. The van der Waals surface area contributed by atoms with E-state index >= 15 is 0 Å². The van der Waals surface area contributed by atoms with Gasteiger partial charge in [0.25, 0.3) is 0 Å². The molecule has 0 saturated carbocycles. The van der Waals surface area contributed by atoms with Gasteiger partial charge in [-0.05, 0) is 37.9 Å². The fourth-order valence-electron chi connectivity index (χ4n) is 3.72. The molecule has 0 heterocycles. The molecular formula is C20H35N. The largest absolute Gasteiger partial charge is 0.302 e. The molecule has 0 aliphatic carbocycles. The molecule has 0 spiro atoms. The molecule has 2 atom stereocenters. The highest BCUT2D eigenvalue weighted by Crippen LogP contribution is 2.45. The molecule has 0 aromatic heterocycles. The minimum absolute atomic E-state index is 0.371. The van der Waals surface area contributed by atoms with Gasteiger partial charge in [-0.2, -0.15) is 0 Å². The summed E-state index contributed by atoms with van der Waals surface area (Å²) in [7, 11) is 4.48. The number of hydrogen-bond donors (Lipinski definition) is 0. The Morgan fingerprint density at radius 3 is 2.00 bits per heavy atom. The fraction of sp³-hybridized carbons (Fsp3) is 0.700. The average Bonchev–Trinajstić information content (AvgIpc) is 2.46. The van der Waals surface area contributed by atoms with Gasteiger partial charge in [-0.15, -0.1) is 0 Å². The third-order valence-corrected chi connectivity index (χ3v) is 4.74. The van der Waals surface area contributed by atoms with Gasteiger partial charge in [-0.1, -0.05) is 83.2 Å². The molecule has 1 heteroatoms. The second-order valence-electron chi connectivity index (χ2n) is 6.99. The molecule has 1 rings (SSSR count). The number of unbranched alkanes of at least 4 members (excludes halogenated alkanes) is 3. The summed E-state index contributed by atoms with van der Waals surface area (Å²) in [5, 5.41) is 0. The van der Waals surface area contributed by atoms with Gasteiger partial charge in [-0.25, -0.2) is 0 Å². The van der Waals surface area contributed by atoms with E-state index in [-0.39, 0.29) is 0 Å². The van der Waals surface area contributed by atoms with Gasteiger partial charge in [0, 0.05) is 6.04 Å². The van der Waals surface area contributed by atoms with E-state index in [4.69, 9.17) is 0 Å². The van der Waals surface area contributed by atoms with Gasteiger partial charge in [-0.3, -0.25) is 0 Å². The van der Waals surface area contributed by atoms with Crippen molar-refractivity contribution in [3.63, 3.8) is 0 Å². The average molecular weight is 290 g/mol. The van der Waals surface area contributed by atoms with Crippen LogP contribution in [-0.4, -0.2) is 19.0 Å². The van der Waals surface area contributed by atoms with Crippen LogP contribution >= 0.6 is 0 Å². The molecule has 0 N–H and O–H groups in total. The Labute approximate surface area is 132 Å². The third-order valence-electron chi connectivity index (χ3n) is 4.74. The molecule has 0 amide bonds. The molecule has 21 heavy (non-hydrogen) atoms. The Morgan fingerprint density at radius 1 is 0.905 bits per heavy atom. The van der Waals surface area contributed by atoms with Crippen LogP contribution in [0.4, 0.5) is 0 Å². The van der Waals surface area contributed by atoms with E-state index in [1.165, 1.54) is 50.5 Å². The van der Waals surface area contributed by atoms with Crippen molar-refractivity contribution in [2.75, 3.05) is 14.1 Å². The van der Waals surface area contributed by atoms with Crippen molar-refractivity contribution >= 4 is 0 Å². The van der Waals surface area contributed by atoms with Gasteiger partial charge in [0.2, 0.25) is 0 Å². The van der Waals surface area contributed by atoms with E-state index in [1.54, 1.807) is 0 Å². The summed E-state index contributed by atoms with van der Waals surface area (Å²) in [6, 6.07) is 11.6. The number of nitrogens with zero attached hydrogens (tertiary/aromatic N) is 1. The SMILES string of the molecule is CCCCCC(C)(CCCC)[C@@H](c1ccccc1)N(C)C. The highest BCUT2D eigenvalue weighted by Gasteiger charge is 2.35. The van der Waals surface area contributed by atoms with Gasteiger partial charge >= 0.3 is 0 Å². The molecular weight excluding hydrogens is 254 g/mol. The van der Waals surface area contributed by atoms with Gasteiger partial charge in [0.1, 0.15) is 0 Å². The van der Waals surface area contributed by atoms with Crippen LogP contribution in [0.1, 0.15) is 77.3 Å². The van der Waals surface area contributed by atoms with Gasteiger partial charge in [0.05, 0.1) is 0 Å². The lowest BCUT2D eigenvalue weighted by Crippen LogP contribution is -2.36. The molecule has 1 aromatic rings. The summed E-state index contributed by atoms with van der Waals surface area (Å²) in [6.45, 7) is 7.11. The molecule has 0 aliphatic heterocycles. The molecule has 1 aromatic carbocycles. The van der Waals surface area contributed by atoms with Crippen LogP contribution in [0.25, 0.3) is 0 Å². The highest BCUT2D eigenvalue weighted by molar-refractivity contribution is 5.21. The van der Waals surface area contributed by atoms with Crippen molar-refractivity contribution in [2.24, 2.45) is 5.41 Å². The standard InChI is InChI=1S/C20H35N/c1-6-8-13-17-20(3,16-9-7-2)19(21(4)5)18-14-11-10-12-15-18/h10-12,14-15,19H,6-9,13,16-17H2,1-5H3/t19-,20?/m1/s1. The zero-order valence-corrected chi connectivity index (χ0v) is 14.9. The Morgan fingerprint density at radius 2 is 1.48 bits per heavy atom. The lowest BCUT2D eigenvalue weighted by molar-refractivity contribution is 0.0920. The molecule has 0 saturated heterocycles. The van der Waals surface area contributed by atoms with Crippen molar-refractivity contribution in [1.29, 1.82) is 0 Å². The summed E-state index contributed by atoms with van der Waals surface area (Å²) < 4.78 is 0. The molecule has 0 fully saturated rings. The fourth-order valence-corrected chi connectivity index (χ4v) is 3.72. The van der Waals surface area contributed by atoms with E-state index in [0.29, 0.717) is 11.5 Å². The topological polar surface area (TPSA) is 3.24 Å². The summed E-state index contributed by atoms with van der Waals surface area (Å²) in [5.74, 6) is 0. The maximum atomic E-state index is 2.51. The van der Waals surface area contributed by atoms with Crippen LogP contribution in [0.3, 0.4) is 0 Å².